The van der Waals surface area contributed by atoms with Crippen molar-refractivity contribution in [1.29, 1.82) is 0 Å². The van der Waals surface area contributed by atoms with Gasteiger partial charge in [-0.3, -0.25) is 57.9 Å². The molecule has 8 aromatic carbocycles. The van der Waals surface area contributed by atoms with Crippen LogP contribution in [0.2, 0.25) is 43.4 Å². The van der Waals surface area contributed by atoms with Crippen molar-refractivity contribution in [2.24, 2.45) is 11.3 Å². The van der Waals surface area contributed by atoms with Crippen molar-refractivity contribution >= 4 is 140 Å². The number of carbonyl (C=O) groups is 10. The highest BCUT2D eigenvalue weighted by molar-refractivity contribution is 6.45. The molecule has 0 unspecified atom stereocenters. The second-order valence-electron chi connectivity index (χ2n) is 37.8. The maximum absolute atomic E-state index is 13.3. The molecule has 15 N–H and O–H groups in total. The summed E-state index contributed by atoms with van der Waals surface area (Å²) in [6.07, 6.45) is 6.45. The Morgan fingerprint density at radius 3 is 1.24 bits per heavy atom. The van der Waals surface area contributed by atoms with E-state index in [0.29, 0.717) is 69.7 Å². The SMILES string of the molecule is CC(C)(NC(=O)c1ccccc1C(F)(F)F)C(=O)C[C@@H](Cc1ccc(Cl)cc1)B(O)O.CC(C)(NC(=O)c1cnccn1)C(=O)C[C@@H](Cc1ccc(Cl)cc1)B(O)O.CC(C)C[C@H](NC(=O)[C@]1(CC(=O)c2cnccn2)C[C@H]1c1ccccc1)B(O)O.Cc1ccc(C[C@H](CC(=O)C(C)(C)NC(=O)c2ccc(Cl)cc2)B(O)O)cc1.Cc1cccc(C[C@H](CC(=O)C2(NC(=O)c3ccc(Cl)cc3)CC2)B(O)O)c1. The van der Waals surface area contributed by atoms with Crippen LogP contribution in [0.25, 0.3) is 0 Å². The number of ketones is 5. The zero-order chi connectivity index (χ0) is 106. The number of hydrogen-bond donors (Lipinski definition) is 15. The molecular formula is C102H117B5Cl4F3N9O20. The minimum absolute atomic E-state index is 0.00693. The van der Waals surface area contributed by atoms with Gasteiger partial charge in [0.2, 0.25) is 5.91 Å². The normalized spacial score (nSPS) is 15.0. The van der Waals surface area contributed by atoms with Gasteiger partial charge in [0.05, 0.1) is 57.0 Å². The molecule has 2 heterocycles. The highest BCUT2D eigenvalue weighted by atomic mass is 35.5. The third-order valence-electron chi connectivity index (χ3n) is 24.4. The number of benzene rings is 8. The molecule has 41 heteroatoms. The summed E-state index contributed by atoms with van der Waals surface area (Å²) in [6.45, 7) is 16.9. The van der Waals surface area contributed by atoms with Gasteiger partial charge < -0.3 is 76.8 Å². The summed E-state index contributed by atoms with van der Waals surface area (Å²) in [4.78, 5) is 142. The van der Waals surface area contributed by atoms with Crippen LogP contribution in [0.5, 0.6) is 0 Å². The van der Waals surface area contributed by atoms with E-state index in [2.05, 4.69) is 46.5 Å². The summed E-state index contributed by atoms with van der Waals surface area (Å²) in [5.41, 5.74) is 0.262. The van der Waals surface area contributed by atoms with Gasteiger partial charge in [0.1, 0.15) is 11.4 Å². The molecule has 7 atom stereocenters. The summed E-state index contributed by atoms with van der Waals surface area (Å²) in [6, 6.07) is 55.7. The number of amides is 5. The van der Waals surface area contributed by atoms with Crippen molar-refractivity contribution in [3.05, 3.63) is 330 Å². The van der Waals surface area contributed by atoms with E-state index in [0.717, 1.165) is 51.1 Å². The van der Waals surface area contributed by atoms with Gasteiger partial charge in [0.15, 0.2) is 28.9 Å². The van der Waals surface area contributed by atoms with Crippen molar-refractivity contribution < 1.29 is 111 Å². The van der Waals surface area contributed by atoms with Crippen molar-refractivity contribution in [2.45, 2.75) is 216 Å². The van der Waals surface area contributed by atoms with Crippen molar-refractivity contribution in [3.63, 3.8) is 0 Å². The highest BCUT2D eigenvalue weighted by Gasteiger charge is 2.62. The zero-order valence-corrected chi connectivity index (χ0v) is 83.7. The molecule has 0 radical (unpaired) electrons. The predicted octanol–water partition coefficient (Wildman–Crippen LogP) is 13.5. The molecule has 0 aliphatic heterocycles. The Hall–Kier alpha value is -11.5. The smallest absolute Gasteiger partial charge is 0.427 e. The number of Topliss-reactive ketones (excluding diaryl/α,β-unsaturated/α-hetero) is 5. The van der Waals surface area contributed by atoms with Crippen LogP contribution in [-0.4, -0.2) is 192 Å². The monoisotopic (exact) mass is 2040 g/mol. The third-order valence-corrected chi connectivity index (χ3v) is 25.5. The number of alkyl halides is 3. The summed E-state index contributed by atoms with van der Waals surface area (Å²) < 4.78 is 39.5. The van der Waals surface area contributed by atoms with E-state index in [1.807, 2.05) is 107 Å². The number of hydrogen-bond acceptors (Lipinski definition) is 24. The summed E-state index contributed by atoms with van der Waals surface area (Å²) in [7, 11) is -8.38. The van der Waals surface area contributed by atoms with Crippen LogP contribution in [0.3, 0.4) is 0 Å². The first-order valence-electron chi connectivity index (χ1n) is 46.1. The molecule has 12 rings (SSSR count). The van der Waals surface area contributed by atoms with E-state index in [9.17, 15) is 111 Å². The second kappa shape index (κ2) is 53.4. The molecule has 2 fully saturated rings. The Bertz CT molecular complexity index is 5920. The van der Waals surface area contributed by atoms with Gasteiger partial charge in [-0.25, -0.2) is 9.97 Å². The number of carbonyl (C=O) groups excluding carboxylic acids is 10. The van der Waals surface area contributed by atoms with Gasteiger partial charge >= 0.3 is 41.8 Å². The Morgan fingerprint density at radius 1 is 0.434 bits per heavy atom. The average molecular weight is 2040 g/mol. The lowest BCUT2D eigenvalue weighted by atomic mass is 9.66. The van der Waals surface area contributed by atoms with Crippen molar-refractivity contribution in [2.75, 3.05) is 0 Å². The van der Waals surface area contributed by atoms with Gasteiger partial charge in [-0.05, 0) is 231 Å². The van der Waals surface area contributed by atoms with Gasteiger partial charge in [-0.15, -0.1) is 0 Å². The zero-order valence-electron chi connectivity index (χ0n) is 80.6. The maximum Gasteiger partial charge on any atom is 0.475 e. The molecule has 5 amide bonds. The lowest BCUT2D eigenvalue weighted by Gasteiger charge is -2.27. The minimum Gasteiger partial charge on any atom is -0.427 e. The third kappa shape index (κ3) is 36.6. The van der Waals surface area contributed by atoms with E-state index < -0.39 is 133 Å². The van der Waals surface area contributed by atoms with E-state index in [1.165, 1.54) is 63.2 Å². The van der Waals surface area contributed by atoms with Crippen LogP contribution >= 0.6 is 46.4 Å². The number of halogens is 7. The fraction of sp³-hybridized carbons (Fsp3) is 0.353. The van der Waals surface area contributed by atoms with Crippen LogP contribution in [0.1, 0.15) is 216 Å². The fourth-order valence-corrected chi connectivity index (χ4v) is 16.1. The standard InChI is InChI=1S/C21H22BClF3NO4.C21H23BClNO4.C21H25BClNO4.C21H26BN3O4.C18H21BClN3O4/c1-20(2,27-19(29)16-5-3-4-6-17(16)21(24,25)26)18(28)12-14(22(30)31)11-13-7-9-15(23)10-8-13;1-14-3-2-4-15(11-14)12-17(22(27)28)13-19(25)21(9-10-21)24-20(26)16-5-7-18(23)8-6-16;1-14-4-6-15(7-5-14)12-17(22(27)28)13-19(25)21(2,3)24-20(26)16-8-10-18(23)11-9-16;1-14(2)10-19(22(28)29)25-20(27)21(11-16(21)15-6-4-3-5-7-15)12-18(26)17-13-23-8-9-24-17;1-18(2,23-17(25)15-11-21-7-8-22-15)16(24)10-13(19(26)27)9-12-3-5-14(20)6-4-12/h3-10,14,30-31H,11-12H2,1-2H3,(H,27,29);2-8,11,17,27-28H,9-10,12-13H2,1H3,(H,24,26);4-11,17,27-28H,12-13H2,1-3H3,(H,24,26);3-9,13-14,16,19,28-29H,10-12H2,1-2H3,(H,25,27);3-8,11,13,26-27H,9-10H2,1-2H3,(H,23,25)/t14-;2*17-;16-,19-,21-;13-/m11101/s1. The first-order valence-corrected chi connectivity index (χ1v) is 47.6. The molecular weight excluding hydrogens is 1920 g/mol. The van der Waals surface area contributed by atoms with Gasteiger partial charge in [-0.2, -0.15) is 13.2 Å². The summed E-state index contributed by atoms with van der Waals surface area (Å²) in [5, 5.41) is 113. The first kappa shape index (κ1) is 117. The van der Waals surface area contributed by atoms with E-state index in [1.54, 1.807) is 125 Å². The molecule has 143 heavy (non-hydrogen) atoms. The van der Waals surface area contributed by atoms with Crippen LogP contribution < -0.4 is 26.6 Å². The Kier molecular flexibility index (Phi) is 43.6. The summed E-state index contributed by atoms with van der Waals surface area (Å²) >= 11 is 23.4. The highest BCUT2D eigenvalue weighted by Crippen LogP contribution is 2.62. The van der Waals surface area contributed by atoms with Gasteiger partial charge in [0, 0.05) is 111 Å². The lowest BCUT2D eigenvalue weighted by Crippen LogP contribution is -2.50. The van der Waals surface area contributed by atoms with Gasteiger partial charge in [-0.1, -0.05) is 187 Å². The first-order chi connectivity index (χ1) is 67.2. The number of nitrogens with zero attached hydrogens (tertiary/aromatic N) is 4. The Morgan fingerprint density at radius 2 is 0.832 bits per heavy atom. The number of aromatic nitrogens is 4. The molecule has 2 saturated carbocycles. The fourth-order valence-electron chi connectivity index (χ4n) is 15.6. The molecule has 0 spiro atoms. The van der Waals surface area contributed by atoms with E-state index in [4.69, 9.17) is 46.4 Å². The Balaban J connectivity index is 0.000000219. The maximum atomic E-state index is 13.3. The molecule has 2 aromatic heterocycles. The number of aryl methyl sites for hydroxylation is 2. The lowest BCUT2D eigenvalue weighted by molar-refractivity contribution is -0.138. The molecule has 10 aromatic rings. The molecule has 0 saturated heterocycles. The second-order valence-corrected chi connectivity index (χ2v) is 39.6. The summed E-state index contributed by atoms with van der Waals surface area (Å²) in [5.74, 6) is -7.84. The van der Waals surface area contributed by atoms with Crippen LogP contribution in [0.15, 0.2) is 237 Å². The van der Waals surface area contributed by atoms with E-state index >= 15 is 0 Å². The molecule has 2 aliphatic carbocycles. The van der Waals surface area contributed by atoms with Gasteiger partial charge in [0.25, 0.3) is 23.6 Å². The predicted molar refractivity (Wildman–Crippen MR) is 544 cm³/mol. The van der Waals surface area contributed by atoms with Crippen molar-refractivity contribution in [1.82, 2.24) is 46.5 Å². The molecule has 754 valence electrons. The quantitative estimate of drug-likeness (QED) is 0.0125. The number of rotatable bonds is 41. The van der Waals surface area contributed by atoms with Crippen molar-refractivity contribution in [3.8, 4) is 0 Å². The van der Waals surface area contributed by atoms with Crippen LogP contribution in [0, 0.1) is 25.2 Å². The van der Waals surface area contributed by atoms with Crippen LogP contribution in [0.4, 0.5) is 13.2 Å². The molecule has 29 nitrogen and oxygen atoms in total. The van der Waals surface area contributed by atoms with Crippen LogP contribution in [-0.2, 0) is 55.8 Å². The number of nitrogens with one attached hydrogen (secondary N) is 5. The van der Waals surface area contributed by atoms with E-state index in [-0.39, 0.29) is 103 Å². The minimum atomic E-state index is -4.73. The molecule has 0 bridgehead atoms. The average Bonchev–Trinajstić information content (AvgIpc) is 1.56. The Labute approximate surface area is 850 Å². The topological polar surface area (TPSA) is 485 Å². The molecule has 2 aliphatic rings. The largest absolute Gasteiger partial charge is 0.475 e.